The van der Waals surface area contributed by atoms with E-state index in [1.807, 2.05) is 20.8 Å². The number of unbranched alkanes of at least 4 members (excludes halogenated alkanes) is 1. The minimum absolute atomic E-state index is 0.0786. The van der Waals surface area contributed by atoms with Gasteiger partial charge >= 0.3 is 0 Å². The van der Waals surface area contributed by atoms with Crippen LogP contribution in [0.3, 0.4) is 0 Å². The summed E-state index contributed by atoms with van der Waals surface area (Å²) in [5.41, 5.74) is 1.39. The van der Waals surface area contributed by atoms with Crippen LogP contribution in [0.5, 0.6) is 0 Å². The molecule has 0 saturated carbocycles. The highest BCUT2D eigenvalue weighted by atomic mass is 32.2. The van der Waals surface area contributed by atoms with Gasteiger partial charge in [-0.2, -0.15) is 16.8 Å². The van der Waals surface area contributed by atoms with Crippen molar-refractivity contribution in [2.75, 3.05) is 17.2 Å². The zero-order valence-corrected chi connectivity index (χ0v) is 15.6. The first kappa shape index (κ1) is 19.2. The van der Waals surface area contributed by atoms with Crippen molar-refractivity contribution in [2.24, 2.45) is 0 Å². The Kier molecular flexibility index (Phi) is 5.02. The molecule has 0 aliphatic carbocycles. The minimum atomic E-state index is -4.26. The summed E-state index contributed by atoms with van der Waals surface area (Å²) in [5.74, 6) is -0.271. The SMILES string of the molecule is CC1N(CCCCS(=O)(=O)O)c2ccc(S(=O)(=O)O)cc2C1(C)C. The van der Waals surface area contributed by atoms with Gasteiger partial charge in [0.05, 0.1) is 10.6 Å². The molecule has 0 aromatic heterocycles. The molecule has 1 unspecified atom stereocenters. The molecular weight excluding hydrogens is 354 g/mol. The van der Waals surface area contributed by atoms with E-state index < -0.39 is 20.2 Å². The van der Waals surface area contributed by atoms with Crippen LogP contribution in [0.4, 0.5) is 5.69 Å². The molecule has 0 saturated heterocycles. The smallest absolute Gasteiger partial charge is 0.294 e. The van der Waals surface area contributed by atoms with Crippen molar-refractivity contribution in [2.45, 2.75) is 50.0 Å². The monoisotopic (exact) mass is 377 g/mol. The molecule has 9 heteroatoms. The first-order valence-electron chi connectivity index (χ1n) is 7.68. The lowest BCUT2D eigenvalue weighted by molar-refractivity contribution is 0.436. The fourth-order valence-electron chi connectivity index (χ4n) is 3.15. The minimum Gasteiger partial charge on any atom is -0.368 e. The van der Waals surface area contributed by atoms with Crippen LogP contribution < -0.4 is 4.90 Å². The summed E-state index contributed by atoms with van der Waals surface area (Å²) in [4.78, 5) is 1.97. The lowest BCUT2D eigenvalue weighted by atomic mass is 9.81. The summed E-state index contributed by atoms with van der Waals surface area (Å²) in [6.07, 6.45) is 0.931. The van der Waals surface area contributed by atoms with Crippen molar-refractivity contribution < 1.29 is 25.9 Å². The molecule has 2 N–H and O–H groups in total. The van der Waals surface area contributed by atoms with E-state index in [0.717, 1.165) is 11.3 Å². The Bertz CT molecular complexity index is 830. The van der Waals surface area contributed by atoms with Gasteiger partial charge in [-0.05, 0) is 43.5 Å². The second kappa shape index (κ2) is 6.29. The Hall–Kier alpha value is -1.16. The molecule has 1 heterocycles. The Balaban J connectivity index is 2.25. The molecule has 2 rings (SSSR count). The second-order valence-electron chi connectivity index (χ2n) is 6.74. The number of nitrogens with zero attached hydrogens (tertiary/aromatic N) is 1. The molecule has 1 aromatic carbocycles. The summed E-state index contributed by atoms with van der Waals surface area (Å²) in [7, 11) is -8.21. The molecule has 1 aromatic rings. The highest BCUT2D eigenvalue weighted by molar-refractivity contribution is 7.86. The van der Waals surface area contributed by atoms with Crippen LogP contribution in [0.15, 0.2) is 23.1 Å². The molecule has 1 aliphatic rings. The molecule has 0 amide bonds. The van der Waals surface area contributed by atoms with E-state index in [0.29, 0.717) is 19.4 Å². The standard InChI is InChI=1S/C15H23NO6S2/c1-11-15(2,3)13-10-12(24(20,21)22)6-7-14(13)16(11)8-4-5-9-23(17,18)19/h6-7,10-11H,4-5,8-9H2,1-3H3,(H,17,18,19)(H,20,21,22). The molecular formula is C15H23NO6S2. The van der Waals surface area contributed by atoms with Crippen molar-refractivity contribution >= 4 is 25.9 Å². The van der Waals surface area contributed by atoms with Crippen molar-refractivity contribution in [3.05, 3.63) is 23.8 Å². The third kappa shape index (κ3) is 3.90. The van der Waals surface area contributed by atoms with Crippen LogP contribution in [0.1, 0.15) is 39.2 Å². The maximum Gasteiger partial charge on any atom is 0.294 e. The zero-order valence-electron chi connectivity index (χ0n) is 13.9. The molecule has 1 aliphatic heterocycles. The van der Waals surface area contributed by atoms with Gasteiger partial charge in [0, 0.05) is 23.7 Å². The highest BCUT2D eigenvalue weighted by Crippen LogP contribution is 2.45. The summed E-state index contributed by atoms with van der Waals surface area (Å²) >= 11 is 0. The van der Waals surface area contributed by atoms with Crippen molar-refractivity contribution in [1.29, 1.82) is 0 Å². The molecule has 0 spiro atoms. The number of rotatable bonds is 6. The van der Waals surface area contributed by atoms with Crippen LogP contribution in [0, 0.1) is 0 Å². The molecule has 1 atom stereocenters. The van der Waals surface area contributed by atoms with E-state index >= 15 is 0 Å². The van der Waals surface area contributed by atoms with Gasteiger partial charge in [-0.25, -0.2) is 0 Å². The maximum atomic E-state index is 11.4. The van der Waals surface area contributed by atoms with Crippen molar-refractivity contribution in [3.63, 3.8) is 0 Å². The lowest BCUT2D eigenvalue weighted by Gasteiger charge is -2.31. The molecule has 0 fully saturated rings. The average Bonchev–Trinajstić information content (AvgIpc) is 2.61. The third-order valence-corrected chi connectivity index (χ3v) is 6.49. The van der Waals surface area contributed by atoms with Crippen LogP contribution in [-0.2, 0) is 25.7 Å². The predicted molar refractivity (Wildman–Crippen MR) is 91.7 cm³/mol. The molecule has 7 nitrogen and oxygen atoms in total. The topological polar surface area (TPSA) is 112 Å². The quantitative estimate of drug-likeness (QED) is 0.576. The molecule has 0 radical (unpaired) electrons. The third-order valence-electron chi connectivity index (χ3n) is 4.83. The second-order valence-corrected chi connectivity index (χ2v) is 9.73. The number of anilines is 1. The summed E-state index contributed by atoms with van der Waals surface area (Å²) in [6.45, 7) is 6.62. The number of fused-ring (bicyclic) bond motifs is 1. The fourth-order valence-corrected chi connectivity index (χ4v) is 4.22. The largest absolute Gasteiger partial charge is 0.368 e. The predicted octanol–water partition coefficient (Wildman–Crippen LogP) is 2.09. The molecule has 136 valence electrons. The maximum absolute atomic E-state index is 11.4. The highest BCUT2D eigenvalue weighted by Gasteiger charge is 2.42. The van der Waals surface area contributed by atoms with Crippen LogP contribution in [-0.4, -0.2) is 44.3 Å². The average molecular weight is 377 g/mol. The number of hydrogen-bond acceptors (Lipinski definition) is 5. The van der Waals surface area contributed by atoms with E-state index in [-0.39, 0.29) is 22.1 Å². The van der Waals surface area contributed by atoms with E-state index in [2.05, 4.69) is 4.90 Å². The Morgan fingerprint density at radius 3 is 2.29 bits per heavy atom. The van der Waals surface area contributed by atoms with Crippen LogP contribution in [0.2, 0.25) is 0 Å². The summed E-state index contributed by atoms with van der Waals surface area (Å²) in [6, 6.07) is 4.62. The number of hydrogen-bond donors (Lipinski definition) is 2. The van der Waals surface area contributed by atoms with Gasteiger partial charge in [-0.3, -0.25) is 9.11 Å². The van der Waals surface area contributed by atoms with Crippen molar-refractivity contribution in [3.8, 4) is 0 Å². The van der Waals surface area contributed by atoms with Gasteiger partial charge in [-0.1, -0.05) is 13.8 Å². The van der Waals surface area contributed by atoms with Gasteiger partial charge < -0.3 is 4.90 Å². The fraction of sp³-hybridized carbons (Fsp3) is 0.600. The van der Waals surface area contributed by atoms with E-state index in [1.165, 1.54) is 12.1 Å². The molecule has 24 heavy (non-hydrogen) atoms. The Labute approximate surface area is 143 Å². The Morgan fingerprint density at radius 1 is 1.12 bits per heavy atom. The summed E-state index contributed by atoms with van der Waals surface area (Å²) in [5, 5.41) is 0. The lowest BCUT2D eigenvalue weighted by Crippen LogP contribution is -2.39. The van der Waals surface area contributed by atoms with Gasteiger partial charge in [0.1, 0.15) is 0 Å². The summed E-state index contributed by atoms with van der Waals surface area (Å²) < 4.78 is 62.4. The van der Waals surface area contributed by atoms with E-state index in [4.69, 9.17) is 4.55 Å². The van der Waals surface area contributed by atoms with E-state index in [1.54, 1.807) is 6.07 Å². The normalized spacial score (nSPS) is 20.2. The molecule has 0 bridgehead atoms. The number of benzene rings is 1. The van der Waals surface area contributed by atoms with Gasteiger partial charge in [0.15, 0.2) is 0 Å². The van der Waals surface area contributed by atoms with Crippen LogP contribution >= 0.6 is 0 Å². The van der Waals surface area contributed by atoms with E-state index in [9.17, 15) is 21.4 Å². The van der Waals surface area contributed by atoms with Crippen molar-refractivity contribution in [1.82, 2.24) is 0 Å². The van der Waals surface area contributed by atoms with Gasteiger partial charge in [0.2, 0.25) is 0 Å². The van der Waals surface area contributed by atoms with Gasteiger partial charge in [0.25, 0.3) is 20.2 Å². The van der Waals surface area contributed by atoms with Crippen LogP contribution in [0.25, 0.3) is 0 Å². The first-order valence-corrected chi connectivity index (χ1v) is 10.7. The van der Waals surface area contributed by atoms with Gasteiger partial charge in [-0.15, -0.1) is 0 Å². The Morgan fingerprint density at radius 2 is 1.75 bits per heavy atom. The zero-order chi connectivity index (χ0) is 18.3. The first-order chi connectivity index (χ1) is 10.8.